The van der Waals surface area contributed by atoms with Gasteiger partial charge in [-0.2, -0.15) is 0 Å². The summed E-state index contributed by atoms with van der Waals surface area (Å²) in [6, 6.07) is 13.4. The van der Waals surface area contributed by atoms with Gasteiger partial charge in [-0.1, -0.05) is 24.3 Å². The quantitative estimate of drug-likeness (QED) is 0.905. The van der Waals surface area contributed by atoms with Crippen LogP contribution in [0.25, 0.3) is 0 Å². The van der Waals surface area contributed by atoms with Crippen molar-refractivity contribution < 1.29 is 13.2 Å². The molecule has 0 aliphatic heterocycles. The monoisotopic (exact) mass is 346 g/mol. The lowest BCUT2D eigenvalue weighted by Crippen LogP contribution is -2.45. The summed E-state index contributed by atoms with van der Waals surface area (Å²) in [6.07, 6.45) is 1.11. The number of carbonyl (C=O) groups excluding carboxylic acids is 1. The first-order chi connectivity index (χ1) is 11.2. The number of anilines is 2. The van der Waals surface area contributed by atoms with E-state index in [4.69, 9.17) is 0 Å². The van der Waals surface area contributed by atoms with E-state index in [-0.39, 0.29) is 5.91 Å². The fourth-order valence-electron chi connectivity index (χ4n) is 2.44. The van der Waals surface area contributed by atoms with E-state index in [1.54, 1.807) is 43.3 Å². The SMILES string of the molecule is Cc1ccc(N([C@@H](C)C(=O)Nc2ccccc2)S(C)(=O)=O)cc1C. The normalized spacial score (nSPS) is 12.5. The van der Waals surface area contributed by atoms with E-state index < -0.39 is 16.1 Å². The van der Waals surface area contributed by atoms with E-state index >= 15 is 0 Å². The van der Waals surface area contributed by atoms with E-state index in [0.717, 1.165) is 21.7 Å². The van der Waals surface area contributed by atoms with Crippen LogP contribution in [0.15, 0.2) is 48.5 Å². The molecule has 1 N–H and O–H groups in total. The van der Waals surface area contributed by atoms with E-state index in [1.807, 2.05) is 26.0 Å². The lowest BCUT2D eigenvalue weighted by Gasteiger charge is -2.28. The summed E-state index contributed by atoms with van der Waals surface area (Å²) in [4.78, 5) is 12.5. The molecule has 0 saturated heterocycles. The average molecular weight is 346 g/mol. The van der Waals surface area contributed by atoms with E-state index in [2.05, 4.69) is 5.32 Å². The molecule has 1 atom stereocenters. The number of amides is 1. The summed E-state index contributed by atoms with van der Waals surface area (Å²) in [5.74, 6) is -0.384. The standard InChI is InChI=1S/C18H22N2O3S/c1-13-10-11-17(12-14(13)2)20(24(4,22)23)15(3)18(21)19-16-8-6-5-7-9-16/h5-12,15H,1-4H3,(H,19,21)/t15-/m0/s1. The summed E-state index contributed by atoms with van der Waals surface area (Å²) in [7, 11) is -3.61. The van der Waals surface area contributed by atoms with Gasteiger partial charge in [0.05, 0.1) is 11.9 Å². The number of rotatable bonds is 5. The Bertz CT molecular complexity index is 833. The van der Waals surface area contributed by atoms with Gasteiger partial charge in [0.2, 0.25) is 15.9 Å². The predicted molar refractivity (Wildman–Crippen MR) is 97.8 cm³/mol. The molecule has 5 nitrogen and oxygen atoms in total. The molecule has 2 aromatic rings. The summed E-state index contributed by atoms with van der Waals surface area (Å²) < 4.78 is 25.7. The third kappa shape index (κ3) is 4.14. The first-order valence-electron chi connectivity index (χ1n) is 7.62. The van der Waals surface area contributed by atoms with Crippen molar-refractivity contribution in [3.05, 3.63) is 59.7 Å². The van der Waals surface area contributed by atoms with Crippen LogP contribution in [-0.4, -0.2) is 26.6 Å². The summed E-state index contributed by atoms with van der Waals surface area (Å²) in [5.41, 5.74) is 3.14. The van der Waals surface area contributed by atoms with Crippen LogP contribution in [0, 0.1) is 13.8 Å². The molecule has 128 valence electrons. The van der Waals surface area contributed by atoms with Crippen LogP contribution in [0.5, 0.6) is 0 Å². The second-order valence-corrected chi connectivity index (χ2v) is 7.72. The van der Waals surface area contributed by atoms with Crippen LogP contribution in [0.3, 0.4) is 0 Å². The summed E-state index contributed by atoms with van der Waals surface area (Å²) in [5, 5.41) is 2.74. The minimum absolute atomic E-state index is 0.384. The minimum Gasteiger partial charge on any atom is -0.324 e. The summed E-state index contributed by atoms with van der Waals surface area (Å²) >= 11 is 0. The Kier molecular flexibility index (Phi) is 5.29. The van der Waals surface area contributed by atoms with Gasteiger partial charge in [-0.05, 0) is 56.2 Å². The molecule has 0 bridgehead atoms. The zero-order valence-corrected chi connectivity index (χ0v) is 15.1. The van der Waals surface area contributed by atoms with Gasteiger partial charge in [0.1, 0.15) is 6.04 Å². The minimum atomic E-state index is -3.61. The van der Waals surface area contributed by atoms with Crippen molar-refractivity contribution in [1.29, 1.82) is 0 Å². The van der Waals surface area contributed by atoms with Crippen LogP contribution < -0.4 is 9.62 Å². The molecular formula is C18H22N2O3S. The molecule has 0 saturated carbocycles. The molecular weight excluding hydrogens is 324 g/mol. The fourth-order valence-corrected chi connectivity index (χ4v) is 3.61. The first-order valence-corrected chi connectivity index (χ1v) is 9.47. The Hall–Kier alpha value is -2.34. The average Bonchev–Trinajstić information content (AvgIpc) is 2.50. The fraction of sp³-hybridized carbons (Fsp3) is 0.278. The molecule has 0 aromatic heterocycles. The van der Waals surface area contributed by atoms with Crippen molar-refractivity contribution in [1.82, 2.24) is 0 Å². The number of aryl methyl sites for hydroxylation is 2. The Labute approximate surface area is 143 Å². The number of hydrogen-bond donors (Lipinski definition) is 1. The van der Waals surface area contributed by atoms with Crippen LogP contribution in [0.1, 0.15) is 18.1 Å². The van der Waals surface area contributed by atoms with Gasteiger partial charge < -0.3 is 5.32 Å². The number of benzene rings is 2. The Balaban J connectivity index is 2.34. The Morgan fingerprint density at radius 3 is 2.21 bits per heavy atom. The predicted octanol–water partition coefficient (Wildman–Crippen LogP) is 3.10. The van der Waals surface area contributed by atoms with Crippen molar-refractivity contribution in [2.24, 2.45) is 0 Å². The lowest BCUT2D eigenvalue weighted by atomic mass is 10.1. The van der Waals surface area contributed by atoms with Crippen molar-refractivity contribution in [3.8, 4) is 0 Å². The molecule has 1 amide bonds. The number of nitrogens with zero attached hydrogens (tertiary/aromatic N) is 1. The third-order valence-electron chi connectivity index (χ3n) is 3.87. The molecule has 0 unspecified atom stereocenters. The highest BCUT2D eigenvalue weighted by Gasteiger charge is 2.29. The summed E-state index contributed by atoms with van der Waals surface area (Å²) in [6.45, 7) is 5.44. The molecule has 0 spiro atoms. The molecule has 0 heterocycles. The maximum atomic E-state index is 12.5. The first kappa shape index (κ1) is 18.0. The molecule has 2 aromatic carbocycles. The molecule has 0 radical (unpaired) electrons. The van der Waals surface area contributed by atoms with Crippen molar-refractivity contribution in [2.45, 2.75) is 26.8 Å². The number of hydrogen-bond acceptors (Lipinski definition) is 3. The van der Waals surface area contributed by atoms with Crippen molar-refractivity contribution in [3.63, 3.8) is 0 Å². The number of sulfonamides is 1. The topological polar surface area (TPSA) is 66.5 Å². The van der Waals surface area contributed by atoms with Crippen LogP contribution in [0.4, 0.5) is 11.4 Å². The van der Waals surface area contributed by atoms with Crippen LogP contribution in [0.2, 0.25) is 0 Å². The van der Waals surface area contributed by atoms with Crippen LogP contribution >= 0.6 is 0 Å². The van der Waals surface area contributed by atoms with Gasteiger partial charge in [-0.15, -0.1) is 0 Å². The van der Waals surface area contributed by atoms with Crippen LogP contribution in [-0.2, 0) is 14.8 Å². The maximum Gasteiger partial charge on any atom is 0.247 e. The lowest BCUT2D eigenvalue weighted by molar-refractivity contribution is -0.116. The molecule has 6 heteroatoms. The molecule has 24 heavy (non-hydrogen) atoms. The zero-order chi connectivity index (χ0) is 17.9. The molecule has 0 aliphatic rings. The second kappa shape index (κ2) is 7.05. The largest absolute Gasteiger partial charge is 0.324 e. The smallest absolute Gasteiger partial charge is 0.247 e. The van der Waals surface area contributed by atoms with E-state index in [1.165, 1.54) is 0 Å². The maximum absolute atomic E-state index is 12.5. The molecule has 2 rings (SSSR count). The van der Waals surface area contributed by atoms with Crippen molar-refractivity contribution in [2.75, 3.05) is 15.9 Å². The van der Waals surface area contributed by atoms with E-state index in [9.17, 15) is 13.2 Å². The number of para-hydroxylation sites is 1. The van der Waals surface area contributed by atoms with Gasteiger partial charge in [-0.25, -0.2) is 8.42 Å². The second-order valence-electron chi connectivity index (χ2n) is 5.86. The third-order valence-corrected chi connectivity index (χ3v) is 5.12. The highest BCUT2D eigenvalue weighted by atomic mass is 32.2. The highest BCUT2D eigenvalue weighted by molar-refractivity contribution is 7.92. The number of nitrogens with one attached hydrogen (secondary N) is 1. The Morgan fingerprint density at radius 1 is 1.04 bits per heavy atom. The van der Waals surface area contributed by atoms with Gasteiger partial charge in [-0.3, -0.25) is 9.10 Å². The number of carbonyl (C=O) groups is 1. The highest BCUT2D eigenvalue weighted by Crippen LogP contribution is 2.24. The van der Waals surface area contributed by atoms with Gasteiger partial charge in [0.15, 0.2) is 0 Å². The van der Waals surface area contributed by atoms with Gasteiger partial charge >= 0.3 is 0 Å². The van der Waals surface area contributed by atoms with E-state index in [0.29, 0.717) is 11.4 Å². The molecule has 0 fully saturated rings. The van der Waals surface area contributed by atoms with Gasteiger partial charge in [0.25, 0.3) is 0 Å². The Morgan fingerprint density at radius 2 is 1.67 bits per heavy atom. The molecule has 0 aliphatic carbocycles. The van der Waals surface area contributed by atoms with Crippen molar-refractivity contribution >= 4 is 27.3 Å². The van der Waals surface area contributed by atoms with Gasteiger partial charge in [0, 0.05) is 5.69 Å². The zero-order valence-electron chi connectivity index (χ0n) is 14.3.